The van der Waals surface area contributed by atoms with Gasteiger partial charge in [-0.3, -0.25) is 4.79 Å². The van der Waals surface area contributed by atoms with Crippen LogP contribution in [0.4, 0.5) is 5.95 Å². The first kappa shape index (κ1) is 16.4. The Labute approximate surface area is 147 Å². The molecule has 0 unspecified atom stereocenters. The van der Waals surface area contributed by atoms with Crippen LogP contribution in [0.2, 0.25) is 0 Å². The van der Waals surface area contributed by atoms with E-state index in [2.05, 4.69) is 15.5 Å². The van der Waals surface area contributed by atoms with Crippen molar-refractivity contribution < 1.29 is 9.90 Å². The number of aromatic nitrogens is 2. The van der Waals surface area contributed by atoms with Crippen LogP contribution >= 0.6 is 0 Å². The molecule has 3 N–H and O–H groups in total. The van der Waals surface area contributed by atoms with Gasteiger partial charge in [0.25, 0.3) is 5.91 Å². The topological polar surface area (TPSA) is 82.4 Å². The first-order valence-corrected chi connectivity index (χ1v) is 9.03. The summed E-state index contributed by atoms with van der Waals surface area (Å²) < 4.78 is 2.03. The van der Waals surface area contributed by atoms with Gasteiger partial charge in [-0.25, -0.2) is 4.98 Å². The number of aliphatic hydroxyl groups excluding tert-OH is 1. The number of aryl methyl sites for hydroxylation is 1. The molecule has 0 spiro atoms. The molecule has 1 aromatic heterocycles. The number of carbonyl (C=O) groups is 1. The van der Waals surface area contributed by atoms with Crippen molar-refractivity contribution in [2.24, 2.45) is 7.05 Å². The minimum atomic E-state index is -0.287. The lowest BCUT2D eigenvalue weighted by molar-refractivity contribution is 0.0931. The molecule has 2 saturated heterocycles. The SMILES string of the molecule is Cn1c(N2CC[C@H](O)C2)nc2cc(C(=O)N[C@@H]3CCCNC3)ccc21. The Hall–Kier alpha value is -2.12. The summed E-state index contributed by atoms with van der Waals surface area (Å²) >= 11 is 0. The number of anilines is 1. The zero-order chi connectivity index (χ0) is 17.4. The number of amides is 1. The zero-order valence-electron chi connectivity index (χ0n) is 14.5. The molecular formula is C18H25N5O2. The Morgan fingerprint density at radius 2 is 2.28 bits per heavy atom. The van der Waals surface area contributed by atoms with Crippen LogP contribution in [0.1, 0.15) is 29.6 Å². The fourth-order valence-corrected chi connectivity index (χ4v) is 3.78. The van der Waals surface area contributed by atoms with E-state index in [9.17, 15) is 9.90 Å². The van der Waals surface area contributed by atoms with Crippen LogP contribution in [0.25, 0.3) is 11.0 Å². The van der Waals surface area contributed by atoms with Crippen LogP contribution in [0.3, 0.4) is 0 Å². The molecule has 2 aliphatic heterocycles. The average Bonchev–Trinajstić information content (AvgIpc) is 3.19. The zero-order valence-corrected chi connectivity index (χ0v) is 14.5. The molecule has 0 bridgehead atoms. The number of nitrogens with zero attached hydrogens (tertiary/aromatic N) is 3. The van der Waals surface area contributed by atoms with Crippen molar-refractivity contribution in [1.82, 2.24) is 20.2 Å². The van der Waals surface area contributed by atoms with Gasteiger partial charge >= 0.3 is 0 Å². The van der Waals surface area contributed by atoms with Crippen LogP contribution in [-0.2, 0) is 7.05 Å². The highest BCUT2D eigenvalue weighted by Gasteiger charge is 2.24. The molecule has 2 fully saturated rings. The van der Waals surface area contributed by atoms with E-state index in [1.54, 1.807) is 0 Å². The predicted molar refractivity (Wildman–Crippen MR) is 96.9 cm³/mol. The Kier molecular flexibility index (Phi) is 4.35. The lowest BCUT2D eigenvalue weighted by Crippen LogP contribution is -2.45. The lowest BCUT2D eigenvalue weighted by Gasteiger charge is -2.23. The minimum absolute atomic E-state index is 0.0422. The van der Waals surface area contributed by atoms with Crippen LogP contribution in [0.5, 0.6) is 0 Å². The van der Waals surface area contributed by atoms with Gasteiger partial charge in [-0.1, -0.05) is 0 Å². The van der Waals surface area contributed by atoms with E-state index in [0.29, 0.717) is 12.1 Å². The maximum absolute atomic E-state index is 12.5. The van der Waals surface area contributed by atoms with Gasteiger partial charge in [-0.15, -0.1) is 0 Å². The second kappa shape index (κ2) is 6.65. The van der Waals surface area contributed by atoms with Crippen molar-refractivity contribution >= 4 is 22.9 Å². The van der Waals surface area contributed by atoms with Gasteiger partial charge in [0.1, 0.15) is 0 Å². The summed E-state index contributed by atoms with van der Waals surface area (Å²) in [7, 11) is 1.98. The fraction of sp³-hybridized carbons (Fsp3) is 0.556. The molecule has 2 aromatic rings. The number of benzene rings is 1. The van der Waals surface area contributed by atoms with E-state index in [0.717, 1.165) is 55.9 Å². The van der Waals surface area contributed by atoms with Crippen molar-refractivity contribution in [3.8, 4) is 0 Å². The molecule has 3 heterocycles. The van der Waals surface area contributed by atoms with Crippen LogP contribution in [-0.4, -0.2) is 58.9 Å². The molecule has 1 amide bonds. The maximum Gasteiger partial charge on any atom is 0.251 e. The van der Waals surface area contributed by atoms with Crippen molar-refractivity contribution in [2.45, 2.75) is 31.4 Å². The molecule has 2 aliphatic rings. The Balaban J connectivity index is 1.56. The molecule has 4 rings (SSSR count). The number of aliphatic hydroxyl groups is 1. The number of hydrogen-bond donors (Lipinski definition) is 3. The average molecular weight is 343 g/mol. The summed E-state index contributed by atoms with van der Waals surface area (Å²) in [5, 5.41) is 16.2. The van der Waals surface area contributed by atoms with E-state index < -0.39 is 0 Å². The van der Waals surface area contributed by atoms with E-state index in [-0.39, 0.29) is 18.1 Å². The Morgan fingerprint density at radius 3 is 3.00 bits per heavy atom. The van der Waals surface area contributed by atoms with Crippen molar-refractivity contribution in [3.05, 3.63) is 23.8 Å². The molecule has 2 atom stereocenters. The second-order valence-corrected chi connectivity index (χ2v) is 7.08. The first-order chi connectivity index (χ1) is 12.1. The van der Waals surface area contributed by atoms with Gasteiger partial charge in [0, 0.05) is 38.3 Å². The standard InChI is InChI=1S/C18H25N5O2/c1-22-16-5-4-12(17(25)20-13-3-2-7-19-10-13)9-15(16)21-18(22)23-8-6-14(24)11-23/h4-5,9,13-14,19,24H,2-3,6-8,10-11H2,1H3,(H,20,25)/t13-,14+/m1/s1. The molecule has 0 aliphatic carbocycles. The summed E-state index contributed by atoms with van der Waals surface area (Å²) in [6, 6.07) is 5.86. The fourth-order valence-electron chi connectivity index (χ4n) is 3.78. The predicted octanol–water partition coefficient (Wildman–Crippen LogP) is 0.626. The number of imidazole rings is 1. The smallest absolute Gasteiger partial charge is 0.251 e. The van der Waals surface area contributed by atoms with Gasteiger partial charge in [-0.05, 0) is 44.0 Å². The number of carbonyl (C=O) groups excluding carboxylic acids is 1. The van der Waals surface area contributed by atoms with Crippen LogP contribution < -0.4 is 15.5 Å². The maximum atomic E-state index is 12.5. The van der Waals surface area contributed by atoms with Gasteiger partial charge in [0.2, 0.25) is 5.95 Å². The molecule has 7 nitrogen and oxygen atoms in total. The molecule has 0 saturated carbocycles. The van der Waals surface area contributed by atoms with E-state index in [4.69, 9.17) is 4.98 Å². The highest BCUT2D eigenvalue weighted by Crippen LogP contribution is 2.25. The van der Waals surface area contributed by atoms with Gasteiger partial charge in [-0.2, -0.15) is 0 Å². The number of rotatable bonds is 3. The summed E-state index contributed by atoms with van der Waals surface area (Å²) in [4.78, 5) is 19.3. The summed E-state index contributed by atoms with van der Waals surface area (Å²) in [5.41, 5.74) is 2.45. The number of hydrogen-bond acceptors (Lipinski definition) is 5. The Bertz CT molecular complexity index is 781. The highest BCUT2D eigenvalue weighted by atomic mass is 16.3. The summed E-state index contributed by atoms with van der Waals surface area (Å²) in [5.74, 6) is 0.806. The van der Waals surface area contributed by atoms with Crippen molar-refractivity contribution in [3.63, 3.8) is 0 Å². The molecule has 1 aromatic carbocycles. The summed E-state index contributed by atoms with van der Waals surface area (Å²) in [6.07, 6.45) is 2.60. The number of nitrogens with one attached hydrogen (secondary N) is 2. The molecule has 134 valence electrons. The number of fused-ring (bicyclic) bond motifs is 1. The monoisotopic (exact) mass is 343 g/mol. The van der Waals surface area contributed by atoms with E-state index in [1.165, 1.54) is 0 Å². The first-order valence-electron chi connectivity index (χ1n) is 9.03. The van der Waals surface area contributed by atoms with E-state index in [1.807, 2.05) is 29.8 Å². The normalized spacial score (nSPS) is 24.0. The third kappa shape index (κ3) is 3.21. The lowest BCUT2D eigenvalue weighted by atomic mass is 10.1. The Morgan fingerprint density at radius 1 is 1.40 bits per heavy atom. The number of β-amino-alcohol motifs (C(OH)–C–C–N with tert-alkyl or cyclic N) is 1. The van der Waals surface area contributed by atoms with Crippen LogP contribution in [0.15, 0.2) is 18.2 Å². The van der Waals surface area contributed by atoms with Gasteiger partial charge in [0.05, 0.1) is 17.1 Å². The third-order valence-corrected chi connectivity index (χ3v) is 5.20. The minimum Gasteiger partial charge on any atom is -0.391 e. The van der Waals surface area contributed by atoms with E-state index >= 15 is 0 Å². The highest BCUT2D eigenvalue weighted by molar-refractivity contribution is 5.98. The van der Waals surface area contributed by atoms with Gasteiger partial charge < -0.3 is 25.2 Å². The van der Waals surface area contributed by atoms with Crippen molar-refractivity contribution in [1.29, 1.82) is 0 Å². The largest absolute Gasteiger partial charge is 0.391 e. The third-order valence-electron chi connectivity index (χ3n) is 5.20. The molecule has 25 heavy (non-hydrogen) atoms. The second-order valence-electron chi connectivity index (χ2n) is 7.08. The molecule has 7 heteroatoms. The number of piperidine rings is 1. The molecular weight excluding hydrogens is 318 g/mol. The quantitative estimate of drug-likeness (QED) is 0.761. The van der Waals surface area contributed by atoms with Gasteiger partial charge in [0.15, 0.2) is 0 Å². The molecule has 0 radical (unpaired) electrons. The summed E-state index contributed by atoms with van der Waals surface area (Å²) in [6.45, 7) is 3.28. The van der Waals surface area contributed by atoms with Crippen LogP contribution in [0, 0.1) is 0 Å². The van der Waals surface area contributed by atoms with Crippen molar-refractivity contribution in [2.75, 3.05) is 31.1 Å².